The van der Waals surface area contributed by atoms with Crippen molar-refractivity contribution in [2.75, 3.05) is 0 Å². The van der Waals surface area contributed by atoms with E-state index in [9.17, 15) is 8.78 Å². The smallest absolute Gasteiger partial charge is 0.274 e. The van der Waals surface area contributed by atoms with E-state index in [1.807, 2.05) is 13.1 Å². The van der Waals surface area contributed by atoms with Gasteiger partial charge >= 0.3 is 0 Å². The van der Waals surface area contributed by atoms with Gasteiger partial charge in [0.05, 0.1) is 0 Å². The second kappa shape index (κ2) is 5.82. The van der Waals surface area contributed by atoms with Gasteiger partial charge in [0.25, 0.3) is 9.04 Å². The van der Waals surface area contributed by atoms with E-state index in [1.54, 1.807) is 0 Å². The van der Waals surface area contributed by atoms with Gasteiger partial charge in [-0.25, -0.2) is 8.78 Å². The molecule has 1 aliphatic rings. The van der Waals surface area contributed by atoms with E-state index >= 15 is 0 Å². The molecule has 0 aromatic heterocycles. The lowest BCUT2D eigenvalue weighted by molar-refractivity contribution is 0.420. The fourth-order valence-electron chi connectivity index (χ4n) is 2.61. The average Bonchev–Trinajstić information content (AvgIpc) is 2.33. The first-order chi connectivity index (χ1) is 8.58. The molecule has 18 heavy (non-hydrogen) atoms. The zero-order chi connectivity index (χ0) is 13.1. The number of hydrogen-bond acceptors (Lipinski definition) is 1. The van der Waals surface area contributed by atoms with E-state index < -0.39 is 20.7 Å². The van der Waals surface area contributed by atoms with E-state index in [0.29, 0.717) is 5.75 Å². The van der Waals surface area contributed by atoms with Crippen LogP contribution in [0, 0.1) is 11.6 Å². The second-order valence-electron chi connectivity index (χ2n) is 5.15. The predicted molar refractivity (Wildman–Crippen MR) is 70.3 cm³/mol. The van der Waals surface area contributed by atoms with Gasteiger partial charge < -0.3 is 4.43 Å². The van der Waals surface area contributed by atoms with Crippen molar-refractivity contribution in [3.05, 3.63) is 29.3 Å². The number of hydrogen-bond donors (Lipinski definition) is 0. The van der Waals surface area contributed by atoms with Crippen LogP contribution in [0.25, 0.3) is 0 Å². The lowest BCUT2D eigenvalue weighted by atomic mass is 9.83. The lowest BCUT2D eigenvalue weighted by Gasteiger charge is -2.25. The van der Waals surface area contributed by atoms with Crippen LogP contribution in [-0.4, -0.2) is 9.04 Å². The summed E-state index contributed by atoms with van der Waals surface area (Å²) in [6.45, 7) is 3.91. The highest BCUT2D eigenvalue weighted by Gasteiger charge is 2.23. The summed E-state index contributed by atoms with van der Waals surface area (Å²) < 4.78 is 32.9. The van der Waals surface area contributed by atoms with E-state index in [4.69, 9.17) is 4.43 Å². The monoisotopic (exact) mass is 269 g/mol. The Morgan fingerprint density at radius 2 is 1.78 bits per heavy atom. The zero-order valence-corrected chi connectivity index (χ0v) is 11.9. The van der Waals surface area contributed by atoms with Crippen LogP contribution in [0.1, 0.15) is 43.6 Å². The quantitative estimate of drug-likeness (QED) is 0.726. The van der Waals surface area contributed by atoms with Crippen molar-refractivity contribution in [1.29, 1.82) is 0 Å². The minimum atomic E-state index is -1.04. The van der Waals surface area contributed by atoms with Gasteiger partial charge in [0.2, 0.25) is 0 Å². The molecule has 1 aromatic rings. The molecule has 1 nitrogen and oxygen atoms in total. The largest absolute Gasteiger partial charge is 0.540 e. The third-order valence-electron chi connectivity index (χ3n) is 3.39. The van der Waals surface area contributed by atoms with Gasteiger partial charge in [-0.2, -0.15) is 0 Å². The molecule has 0 bridgehead atoms. The Morgan fingerprint density at radius 1 is 1.11 bits per heavy atom. The van der Waals surface area contributed by atoms with Crippen molar-refractivity contribution in [3.63, 3.8) is 0 Å². The summed E-state index contributed by atoms with van der Waals surface area (Å²) in [7, 11) is -1.04. The Bertz CT molecular complexity index is 415. The van der Waals surface area contributed by atoms with Crippen LogP contribution in [0.15, 0.2) is 12.1 Å². The van der Waals surface area contributed by atoms with Crippen LogP contribution in [0.4, 0.5) is 8.78 Å². The molecule has 1 fully saturated rings. The van der Waals surface area contributed by atoms with Gasteiger partial charge in [0.1, 0.15) is 11.6 Å². The first kappa shape index (κ1) is 13.5. The van der Waals surface area contributed by atoms with E-state index in [2.05, 4.69) is 0 Å². The molecule has 2 rings (SSSR count). The molecule has 1 aliphatic carbocycles. The summed E-state index contributed by atoms with van der Waals surface area (Å²) in [6, 6.07) is 2.38. The van der Waals surface area contributed by atoms with Crippen molar-refractivity contribution < 1.29 is 13.2 Å². The molecule has 4 heteroatoms. The van der Waals surface area contributed by atoms with Gasteiger partial charge in [0.15, 0.2) is 5.82 Å². The second-order valence-corrected chi connectivity index (χ2v) is 7.17. The molecule has 1 saturated carbocycles. The maximum absolute atomic E-state index is 13.9. The Hall–Kier alpha value is -0.903. The van der Waals surface area contributed by atoms with Crippen LogP contribution in [0.2, 0.25) is 13.1 Å². The SMILES string of the molecule is C[Si](C)Oc1c(F)cc(F)cc1C1CCCCC1. The third kappa shape index (κ3) is 3.10. The summed E-state index contributed by atoms with van der Waals surface area (Å²) in [6.07, 6.45) is 5.52. The third-order valence-corrected chi connectivity index (χ3v) is 4.00. The Labute approximate surface area is 109 Å². The van der Waals surface area contributed by atoms with Gasteiger partial charge in [-0.15, -0.1) is 0 Å². The van der Waals surface area contributed by atoms with Crippen LogP contribution >= 0.6 is 0 Å². The molecule has 99 valence electrons. The van der Waals surface area contributed by atoms with Crippen LogP contribution in [0.5, 0.6) is 5.75 Å². The van der Waals surface area contributed by atoms with Crippen molar-refractivity contribution in [2.45, 2.75) is 51.1 Å². The minimum Gasteiger partial charge on any atom is -0.540 e. The molecule has 0 spiro atoms. The minimum absolute atomic E-state index is 0.250. The lowest BCUT2D eigenvalue weighted by Crippen LogP contribution is -2.16. The molecule has 0 amide bonds. The van der Waals surface area contributed by atoms with Crippen molar-refractivity contribution in [2.24, 2.45) is 0 Å². The molecule has 0 N–H and O–H groups in total. The summed E-state index contributed by atoms with van der Waals surface area (Å²) >= 11 is 0. The first-order valence-corrected chi connectivity index (χ1v) is 8.95. The fourth-order valence-corrected chi connectivity index (χ4v) is 3.23. The summed E-state index contributed by atoms with van der Waals surface area (Å²) in [5.41, 5.74) is 0.735. The predicted octanol–water partition coefficient (Wildman–Crippen LogP) is 4.64. The van der Waals surface area contributed by atoms with E-state index in [1.165, 1.54) is 12.5 Å². The summed E-state index contributed by atoms with van der Waals surface area (Å²) in [5, 5.41) is 0. The fraction of sp³-hybridized carbons (Fsp3) is 0.571. The molecule has 1 radical (unpaired) electrons. The molecule has 0 heterocycles. The maximum Gasteiger partial charge on any atom is 0.274 e. The highest BCUT2D eigenvalue weighted by atomic mass is 28.3. The van der Waals surface area contributed by atoms with Crippen molar-refractivity contribution in [3.8, 4) is 5.75 Å². The Kier molecular flexibility index (Phi) is 4.38. The standard InChI is InChI=1S/C14H19F2OSi/c1-18(2)17-14-12(8-11(15)9-13(14)16)10-6-4-3-5-7-10/h8-10H,3-7H2,1-2H3. The Morgan fingerprint density at radius 3 is 2.39 bits per heavy atom. The maximum atomic E-state index is 13.9. The Balaban J connectivity index is 2.35. The first-order valence-electron chi connectivity index (χ1n) is 6.55. The van der Waals surface area contributed by atoms with Crippen molar-refractivity contribution >= 4 is 9.04 Å². The summed E-state index contributed by atoms with van der Waals surface area (Å²) in [4.78, 5) is 0. The van der Waals surface area contributed by atoms with Crippen LogP contribution in [0.3, 0.4) is 0 Å². The topological polar surface area (TPSA) is 9.23 Å². The normalized spacial score (nSPS) is 17.2. The molecule has 0 saturated heterocycles. The van der Waals surface area contributed by atoms with Gasteiger partial charge in [0, 0.05) is 11.6 Å². The number of benzene rings is 1. The average molecular weight is 269 g/mol. The number of halogens is 2. The molecule has 0 unspecified atom stereocenters. The van der Waals surface area contributed by atoms with Gasteiger partial charge in [-0.3, -0.25) is 0 Å². The van der Waals surface area contributed by atoms with Crippen LogP contribution in [-0.2, 0) is 0 Å². The molecular formula is C14H19F2OSi. The molecule has 0 aliphatic heterocycles. The van der Waals surface area contributed by atoms with Gasteiger partial charge in [-0.1, -0.05) is 19.3 Å². The highest BCUT2D eigenvalue weighted by molar-refractivity contribution is 6.49. The van der Waals surface area contributed by atoms with Gasteiger partial charge in [-0.05, 0) is 37.9 Å². The van der Waals surface area contributed by atoms with E-state index in [0.717, 1.165) is 37.3 Å². The summed E-state index contributed by atoms with van der Waals surface area (Å²) in [5.74, 6) is -0.509. The zero-order valence-electron chi connectivity index (χ0n) is 10.9. The number of rotatable bonds is 3. The van der Waals surface area contributed by atoms with E-state index in [-0.39, 0.29) is 5.92 Å². The molecular weight excluding hydrogens is 250 g/mol. The van der Waals surface area contributed by atoms with Crippen LogP contribution < -0.4 is 4.43 Å². The highest BCUT2D eigenvalue weighted by Crippen LogP contribution is 2.39. The molecule has 1 aromatic carbocycles. The van der Waals surface area contributed by atoms with Crippen molar-refractivity contribution in [1.82, 2.24) is 0 Å². The molecule has 0 atom stereocenters.